The molecule has 0 aliphatic carbocycles. The van der Waals surface area contributed by atoms with Gasteiger partial charge in [0.2, 0.25) is 0 Å². The fourth-order valence-electron chi connectivity index (χ4n) is 4.66. The highest BCUT2D eigenvalue weighted by atomic mass is 16.6. The van der Waals surface area contributed by atoms with Gasteiger partial charge in [-0.1, -0.05) is 0 Å². The van der Waals surface area contributed by atoms with Crippen LogP contribution in [0, 0.1) is 13.8 Å². The highest BCUT2D eigenvalue weighted by molar-refractivity contribution is 5.85. The number of anilines is 1. The first-order valence-corrected chi connectivity index (χ1v) is 11.8. The molecular formula is C27H30N4O4. The highest BCUT2D eigenvalue weighted by Gasteiger charge is 2.26. The minimum Gasteiger partial charge on any atom is -0.444 e. The van der Waals surface area contributed by atoms with E-state index in [1.165, 1.54) is 0 Å². The molecular weight excluding hydrogens is 444 g/mol. The summed E-state index contributed by atoms with van der Waals surface area (Å²) in [5.41, 5.74) is 4.70. The molecule has 5 rings (SSSR count). The van der Waals surface area contributed by atoms with Crippen LogP contribution in [0.4, 0.5) is 10.5 Å². The van der Waals surface area contributed by atoms with Crippen LogP contribution in [0.3, 0.4) is 0 Å². The summed E-state index contributed by atoms with van der Waals surface area (Å²) in [6.07, 6.45) is 4.30. The monoisotopic (exact) mass is 474 g/mol. The number of hydrogen-bond acceptors (Lipinski definition) is 6. The summed E-state index contributed by atoms with van der Waals surface area (Å²) in [7, 11) is 0. The number of fused-ring (bicyclic) bond motifs is 2. The molecule has 8 nitrogen and oxygen atoms in total. The second-order valence-corrected chi connectivity index (χ2v) is 10.2. The van der Waals surface area contributed by atoms with Crippen LogP contribution in [0.1, 0.15) is 38.6 Å². The molecule has 1 aliphatic heterocycles. The van der Waals surface area contributed by atoms with Crippen molar-refractivity contribution in [3.63, 3.8) is 0 Å². The summed E-state index contributed by atoms with van der Waals surface area (Å²) in [6.45, 7) is 10.9. The van der Waals surface area contributed by atoms with Gasteiger partial charge in [-0.3, -0.25) is 4.98 Å². The maximum atomic E-state index is 12.9. The number of rotatable bonds is 3. The Morgan fingerprint density at radius 2 is 1.97 bits per heavy atom. The number of hydrogen-bond donors (Lipinski definition) is 1. The van der Waals surface area contributed by atoms with Gasteiger partial charge in [-0.2, -0.15) is 0 Å². The van der Waals surface area contributed by atoms with Gasteiger partial charge < -0.3 is 23.8 Å². The van der Waals surface area contributed by atoms with Gasteiger partial charge in [0.1, 0.15) is 11.2 Å². The van der Waals surface area contributed by atoms with Crippen LogP contribution in [-0.4, -0.2) is 40.2 Å². The van der Waals surface area contributed by atoms with E-state index in [2.05, 4.69) is 15.2 Å². The van der Waals surface area contributed by atoms with Crippen LogP contribution in [-0.2, 0) is 4.74 Å². The third kappa shape index (κ3) is 4.73. The molecule has 4 heterocycles. The van der Waals surface area contributed by atoms with Gasteiger partial charge in [-0.05, 0) is 65.3 Å². The third-order valence-corrected chi connectivity index (χ3v) is 6.19. The molecule has 182 valence electrons. The molecule has 3 aromatic heterocycles. The van der Waals surface area contributed by atoms with Crippen molar-refractivity contribution in [3.05, 3.63) is 64.5 Å². The number of carbonyl (C=O) groups is 1. The largest absolute Gasteiger partial charge is 0.444 e. The van der Waals surface area contributed by atoms with Gasteiger partial charge in [0.05, 0.1) is 28.5 Å². The zero-order valence-electron chi connectivity index (χ0n) is 20.7. The molecule has 1 N–H and O–H groups in total. The van der Waals surface area contributed by atoms with Crippen molar-refractivity contribution in [1.82, 2.24) is 14.7 Å². The molecule has 8 heteroatoms. The van der Waals surface area contributed by atoms with E-state index in [9.17, 15) is 9.59 Å². The minimum absolute atomic E-state index is 0.000452. The van der Waals surface area contributed by atoms with E-state index in [-0.39, 0.29) is 11.7 Å². The van der Waals surface area contributed by atoms with Crippen molar-refractivity contribution in [2.24, 2.45) is 0 Å². The van der Waals surface area contributed by atoms with Crippen LogP contribution in [0.25, 0.3) is 27.6 Å². The van der Waals surface area contributed by atoms with Gasteiger partial charge in [0, 0.05) is 48.2 Å². The zero-order chi connectivity index (χ0) is 24.9. The predicted octanol–water partition coefficient (Wildman–Crippen LogP) is 4.83. The molecule has 0 bridgehead atoms. The van der Waals surface area contributed by atoms with Crippen LogP contribution in [0.5, 0.6) is 0 Å². The maximum Gasteiger partial charge on any atom is 0.407 e. The van der Waals surface area contributed by atoms with Crippen LogP contribution < -0.4 is 15.8 Å². The third-order valence-electron chi connectivity index (χ3n) is 6.19. The smallest absolute Gasteiger partial charge is 0.407 e. The molecule has 1 amide bonds. The fourth-order valence-corrected chi connectivity index (χ4v) is 4.66. The van der Waals surface area contributed by atoms with Gasteiger partial charge >= 0.3 is 11.7 Å². The van der Waals surface area contributed by atoms with E-state index >= 15 is 0 Å². The summed E-state index contributed by atoms with van der Waals surface area (Å²) in [4.78, 5) is 31.7. The number of benzene rings is 1. The number of aryl methyl sites for hydroxylation is 2. The molecule has 4 aromatic rings. The number of amides is 1. The topological polar surface area (TPSA) is 89.1 Å². The Balaban J connectivity index is 1.38. The lowest BCUT2D eigenvalue weighted by Crippen LogP contribution is -2.40. The van der Waals surface area contributed by atoms with Gasteiger partial charge in [0.15, 0.2) is 0 Å². The number of alkyl carbamates (subject to hydrolysis) is 1. The Labute approximate surface area is 203 Å². The molecule has 1 saturated heterocycles. The lowest BCUT2D eigenvalue weighted by Gasteiger charge is -2.22. The van der Waals surface area contributed by atoms with Crippen LogP contribution in [0.2, 0.25) is 0 Å². The Hall–Kier alpha value is -3.81. The van der Waals surface area contributed by atoms with E-state index in [1.807, 2.05) is 81.7 Å². The first-order chi connectivity index (χ1) is 16.6. The van der Waals surface area contributed by atoms with Crippen LogP contribution in [0.15, 0.2) is 51.9 Å². The van der Waals surface area contributed by atoms with Crippen molar-refractivity contribution in [1.29, 1.82) is 0 Å². The molecule has 0 spiro atoms. The van der Waals surface area contributed by atoms with Gasteiger partial charge in [-0.25, -0.2) is 9.59 Å². The highest BCUT2D eigenvalue weighted by Crippen LogP contribution is 2.28. The number of carbonyl (C=O) groups excluding carboxylic acids is 1. The Bertz CT molecular complexity index is 1500. The molecule has 1 atom stereocenters. The quantitative estimate of drug-likeness (QED) is 0.428. The Kier molecular flexibility index (Phi) is 5.54. The van der Waals surface area contributed by atoms with E-state index in [4.69, 9.17) is 9.15 Å². The van der Waals surface area contributed by atoms with Crippen molar-refractivity contribution in [2.45, 2.75) is 52.7 Å². The molecule has 1 fully saturated rings. The maximum absolute atomic E-state index is 12.9. The Morgan fingerprint density at radius 1 is 1.17 bits per heavy atom. The predicted molar refractivity (Wildman–Crippen MR) is 136 cm³/mol. The molecule has 0 unspecified atom stereocenters. The molecule has 0 radical (unpaired) electrons. The first-order valence-electron chi connectivity index (χ1n) is 11.8. The van der Waals surface area contributed by atoms with E-state index in [0.29, 0.717) is 17.7 Å². The minimum atomic E-state index is -0.528. The number of aromatic nitrogens is 2. The SMILES string of the molecule is Cc1cn2cc(-c3cc4ccc(N5CC[C@H](NC(=O)OC(C)(C)C)C5)cc4oc3=O)cc2c(C)n1. The van der Waals surface area contributed by atoms with Crippen molar-refractivity contribution < 1.29 is 13.9 Å². The standard InChI is InChI=1S/C27H30N4O4/c1-16-13-31-14-19(11-23(31)17(2)28-16)22-10-18-6-7-21(12-24(18)34-25(22)32)30-9-8-20(15-30)29-26(33)35-27(3,4)5/h6-7,10-14,20H,8-9,15H2,1-5H3,(H,29,33)/t20-/m0/s1. The van der Waals surface area contributed by atoms with Crippen molar-refractivity contribution >= 4 is 28.3 Å². The summed E-state index contributed by atoms with van der Waals surface area (Å²) in [6, 6.07) is 9.74. The number of ether oxygens (including phenoxy) is 1. The molecule has 0 saturated carbocycles. The van der Waals surface area contributed by atoms with Gasteiger partial charge in [-0.15, -0.1) is 0 Å². The van der Waals surface area contributed by atoms with E-state index in [0.717, 1.165) is 46.5 Å². The van der Waals surface area contributed by atoms with E-state index in [1.54, 1.807) is 0 Å². The average molecular weight is 475 g/mol. The fraction of sp³-hybridized carbons (Fsp3) is 0.370. The molecule has 35 heavy (non-hydrogen) atoms. The normalized spacial score (nSPS) is 16.3. The number of nitrogens with zero attached hydrogens (tertiary/aromatic N) is 3. The van der Waals surface area contributed by atoms with Crippen molar-refractivity contribution in [2.75, 3.05) is 18.0 Å². The zero-order valence-corrected chi connectivity index (χ0v) is 20.7. The summed E-state index contributed by atoms with van der Waals surface area (Å²) in [5, 5.41) is 3.80. The first kappa shape index (κ1) is 23.0. The Morgan fingerprint density at radius 3 is 2.74 bits per heavy atom. The lowest BCUT2D eigenvalue weighted by molar-refractivity contribution is 0.0509. The molecule has 1 aliphatic rings. The van der Waals surface area contributed by atoms with Crippen molar-refractivity contribution in [3.8, 4) is 11.1 Å². The average Bonchev–Trinajstić information content (AvgIpc) is 3.38. The van der Waals surface area contributed by atoms with Crippen LogP contribution >= 0.6 is 0 Å². The summed E-state index contributed by atoms with van der Waals surface area (Å²) >= 11 is 0. The summed E-state index contributed by atoms with van der Waals surface area (Å²) in [5.74, 6) is 0. The number of nitrogens with one attached hydrogen (secondary N) is 1. The summed E-state index contributed by atoms with van der Waals surface area (Å²) < 4.78 is 13.1. The second-order valence-electron chi connectivity index (χ2n) is 10.2. The molecule has 1 aromatic carbocycles. The second kappa shape index (κ2) is 8.45. The van der Waals surface area contributed by atoms with Gasteiger partial charge in [0.25, 0.3) is 0 Å². The lowest BCUT2D eigenvalue weighted by atomic mass is 10.1. The van der Waals surface area contributed by atoms with E-state index < -0.39 is 11.7 Å².